The van der Waals surface area contributed by atoms with Gasteiger partial charge in [0.1, 0.15) is 11.4 Å². The van der Waals surface area contributed by atoms with Crippen molar-refractivity contribution in [3.63, 3.8) is 0 Å². The molecule has 1 heterocycles. The second-order valence-corrected chi connectivity index (χ2v) is 5.92. The second-order valence-electron chi connectivity index (χ2n) is 5.16. The predicted octanol–water partition coefficient (Wildman–Crippen LogP) is 1.60. The van der Waals surface area contributed by atoms with E-state index in [1.807, 2.05) is 13.8 Å². The predicted molar refractivity (Wildman–Crippen MR) is 70.3 cm³/mol. The van der Waals surface area contributed by atoms with Crippen molar-refractivity contribution >= 4 is 23.4 Å². The van der Waals surface area contributed by atoms with Crippen LogP contribution in [0.1, 0.15) is 48.0 Å². The van der Waals surface area contributed by atoms with Crippen LogP contribution < -0.4 is 0 Å². The summed E-state index contributed by atoms with van der Waals surface area (Å²) in [5.41, 5.74) is 0.654. The Morgan fingerprint density at radius 1 is 1.47 bits per heavy atom. The molecule has 0 spiro atoms. The molecule has 1 fully saturated rings. The van der Waals surface area contributed by atoms with E-state index in [9.17, 15) is 9.59 Å². The number of hydrogen-bond acceptors (Lipinski definition) is 5. The molecule has 0 bridgehead atoms. The summed E-state index contributed by atoms with van der Waals surface area (Å²) in [6.07, 6.45) is 2.14. The molecule has 2 rings (SSSR count). The Morgan fingerprint density at radius 2 is 2.16 bits per heavy atom. The number of carbonyl (C=O) groups excluding carboxylic acids is 1. The minimum Gasteiger partial charge on any atom is -0.480 e. The van der Waals surface area contributed by atoms with Crippen molar-refractivity contribution < 1.29 is 14.7 Å². The lowest BCUT2D eigenvalue weighted by Crippen LogP contribution is -2.37. The third kappa shape index (κ3) is 3.50. The third-order valence-corrected chi connectivity index (χ3v) is 3.77. The highest BCUT2D eigenvalue weighted by molar-refractivity contribution is 7.08. The largest absolute Gasteiger partial charge is 0.480 e. The highest BCUT2D eigenvalue weighted by Gasteiger charge is 2.31. The van der Waals surface area contributed by atoms with Crippen molar-refractivity contribution in [3.05, 3.63) is 10.6 Å². The van der Waals surface area contributed by atoms with Crippen LogP contribution in [-0.4, -0.2) is 44.6 Å². The van der Waals surface area contributed by atoms with E-state index in [-0.39, 0.29) is 18.4 Å². The molecule has 1 aromatic rings. The van der Waals surface area contributed by atoms with Gasteiger partial charge in [-0.05, 0) is 36.2 Å². The van der Waals surface area contributed by atoms with Crippen molar-refractivity contribution in [1.82, 2.24) is 14.5 Å². The number of carboxylic acids is 1. The van der Waals surface area contributed by atoms with Gasteiger partial charge in [0.2, 0.25) is 0 Å². The number of aliphatic carboxylic acids is 1. The Morgan fingerprint density at radius 3 is 2.68 bits per heavy atom. The highest BCUT2D eigenvalue weighted by atomic mass is 32.1. The number of rotatable bonds is 6. The van der Waals surface area contributed by atoms with Gasteiger partial charge in [-0.1, -0.05) is 18.3 Å². The normalized spacial score (nSPS) is 14.7. The van der Waals surface area contributed by atoms with Crippen LogP contribution in [0.2, 0.25) is 0 Å². The lowest BCUT2D eigenvalue weighted by atomic mass is 10.1. The summed E-state index contributed by atoms with van der Waals surface area (Å²) in [7, 11) is 0. The molecule has 0 saturated heterocycles. The zero-order valence-corrected chi connectivity index (χ0v) is 11.8. The zero-order chi connectivity index (χ0) is 14.0. The van der Waals surface area contributed by atoms with Gasteiger partial charge in [0.25, 0.3) is 5.91 Å². The molecule has 0 aromatic carbocycles. The summed E-state index contributed by atoms with van der Waals surface area (Å²) in [6, 6.07) is 0. The molecule has 7 heteroatoms. The third-order valence-electron chi connectivity index (χ3n) is 3.04. The Bertz CT molecular complexity index is 482. The van der Waals surface area contributed by atoms with Crippen molar-refractivity contribution in [2.75, 3.05) is 13.1 Å². The molecule has 1 aliphatic rings. The fraction of sp³-hybridized carbons (Fsp3) is 0.667. The van der Waals surface area contributed by atoms with E-state index in [2.05, 4.69) is 9.59 Å². The molecule has 1 amide bonds. The maximum Gasteiger partial charge on any atom is 0.323 e. The molecule has 0 radical (unpaired) electrons. The number of carbonyl (C=O) groups is 2. The monoisotopic (exact) mass is 283 g/mol. The van der Waals surface area contributed by atoms with Gasteiger partial charge in [0.15, 0.2) is 0 Å². The fourth-order valence-electron chi connectivity index (χ4n) is 1.86. The molecule has 1 saturated carbocycles. The average molecular weight is 283 g/mol. The van der Waals surface area contributed by atoms with Gasteiger partial charge in [-0.2, -0.15) is 0 Å². The summed E-state index contributed by atoms with van der Waals surface area (Å²) >= 11 is 1.04. The van der Waals surface area contributed by atoms with Crippen LogP contribution in [0, 0.1) is 5.92 Å². The van der Waals surface area contributed by atoms with E-state index in [1.54, 1.807) is 0 Å². The quantitative estimate of drug-likeness (QED) is 0.857. The first-order chi connectivity index (χ1) is 8.99. The van der Waals surface area contributed by atoms with Gasteiger partial charge in [-0.25, -0.2) is 0 Å². The number of carboxylic acid groups (broad SMARTS) is 1. The first kappa shape index (κ1) is 13.9. The Hall–Kier alpha value is -1.50. The molecule has 1 N–H and O–H groups in total. The van der Waals surface area contributed by atoms with Crippen LogP contribution in [-0.2, 0) is 4.79 Å². The summed E-state index contributed by atoms with van der Waals surface area (Å²) < 4.78 is 3.82. The van der Waals surface area contributed by atoms with Crippen molar-refractivity contribution in [1.29, 1.82) is 0 Å². The molecule has 1 aromatic heterocycles. The molecule has 0 unspecified atom stereocenters. The van der Waals surface area contributed by atoms with Crippen LogP contribution in [0.25, 0.3) is 0 Å². The van der Waals surface area contributed by atoms with Crippen molar-refractivity contribution in [3.8, 4) is 0 Å². The van der Waals surface area contributed by atoms with E-state index in [4.69, 9.17) is 5.11 Å². The van der Waals surface area contributed by atoms with E-state index in [0.717, 1.165) is 24.4 Å². The minimum absolute atomic E-state index is 0.102. The number of nitrogens with zero attached hydrogens (tertiary/aromatic N) is 3. The van der Waals surface area contributed by atoms with Crippen LogP contribution in [0.4, 0.5) is 0 Å². The maximum absolute atomic E-state index is 12.4. The highest BCUT2D eigenvalue weighted by Crippen LogP contribution is 2.31. The fourth-order valence-corrected chi connectivity index (χ4v) is 2.65. The zero-order valence-electron chi connectivity index (χ0n) is 11.0. The van der Waals surface area contributed by atoms with Crippen LogP contribution in [0.5, 0.6) is 0 Å². The summed E-state index contributed by atoms with van der Waals surface area (Å²) in [5.74, 6) is -0.692. The molecule has 104 valence electrons. The van der Waals surface area contributed by atoms with E-state index >= 15 is 0 Å². The molecule has 0 aliphatic heterocycles. The summed E-state index contributed by atoms with van der Waals surface area (Å²) in [4.78, 5) is 25.2. The molecule has 6 nitrogen and oxygen atoms in total. The standard InChI is InChI=1S/C12H17N3O3S/c1-7(2)10-11(19-14-13-10)12(18)15(6-9(16)17)5-8-3-4-8/h7-8H,3-6H2,1-2H3,(H,16,17). The summed E-state index contributed by atoms with van der Waals surface area (Å²) in [5, 5.41) is 12.9. The number of amides is 1. The second kappa shape index (κ2) is 5.64. The summed E-state index contributed by atoms with van der Waals surface area (Å²) in [6.45, 7) is 4.14. The first-order valence-electron chi connectivity index (χ1n) is 6.32. The van der Waals surface area contributed by atoms with Gasteiger partial charge < -0.3 is 10.0 Å². The van der Waals surface area contributed by atoms with E-state index in [1.165, 1.54) is 4.90 Å². The maximum atomic E-state index is 12.4. The SMILES string of the molecule is CC(C)c1nnsc1C(=O)N(CC(=O)O)CC1CC1. The lowest BCUT2D eigenvalue weighted by molar-refractivity contribution is -0.137. The van der Waals surface area contributed by atoms with Gasteiger partial charge in [-0.3, -0.25) is 9.59 Å². The Labute approximate surface area is 115 Å². The van der Waals surface area contributed by atoms with E-state index < -0.39 is 5.97 Å². The number of aromatic nitrogens is 2. The topological polar surface area (TPSA) is 83.4 Å². The van der Waals surface area contributed by atoms with Gasteiger partial charge >= 0.3 is 5.97 Å². The van der Waals surface area contributed by atoms with Gasteiger partial charge in [0, 0.05) is 6.54 Å². The minimum atomic E-state index is -0.988. The van der Waals surface area contributed by atoms with Gasteiger partial charge in [0.05, 0.1) is 5.69 Å². The Kier molecular flexibility index (Phi) is 4.14. The first-order valence-corrected chi connectivity index (χ1v) is 7.09. The van der Waals surface area contributed by atoms with Crippen LogP contribution in [0.15, 0.2) is 0 Å². The molecule has 19 heavy (non-hydrogen) atoms. The van der Waals surface area contributed by atoms with Crippen LogP contribution >= 0.6 is 11.5 Å². The molecular weight excluding hydrogens is 266 g/mol. The van der Waals surface area contributed by atoms with Gasteiger partial charge in [-0.15, -0.1) is 5.10 Å². The Balaban J connectivity index is 2.16. The number of hydrogen-bond donors (Lipinski definition) is 1. The lowest BCUT2D eigenvalue weighted by Gasteiger charge is -2.20. The van der Waals surface area contributed by atoms with E-state index in [0.29, 0.717) is 23.0 Å². The average Bonchev–Trinajstić information content (AvgIpc) is 3.00. The van der Waals surface area contributed by atoms with Crippen LogP contribution in [0.3, 0.4) is 0 Å². The smallest absolute Gasteiger partial charge is 0.323 e. The van der Waals surface area contributed by atoms with Crippen molar-refractivity contribution in [2.24, 2.45) is 5.92 Å². The molecule has 1 aliphatic carbocycles. The van der Waals surface area contributed by atoms with Crippen molar-refractivity contribution in [2.45, 2.75) is 32.6 Å². The molecular formula is C12H17N3O3S. The molecule has 0 atom stereocenters.